The fourth-order valence-electron chi connectivity index (χ4n) is 2.50. The van der Waals surface area contributed by atoms with Gasteiger partial charge in [0.1, 0.15) is 0 Å². The minimum Gasteiger partial charge on any atom is -0.478 e. The number of hydrogen-bond donors (Lipinski definition) is 1. The number of carboxylic acid groups (broad SMARTS) is 1. The van der Waals surface area contributed by atoms with E-state index in [1.54, 1.807) is 0 Å². The first kappa shape index (κ1) is 12.6. The molecule has 2 aromatic rings. The summed E-state index contributed by atoms with van der Waals surface area (Å²) in [5.41, 5.74) is 3.76. The first-order chi connectivity index (χ1) is 9.65. The molecule has 0 aliphatic carbocycles. The van der Waals surface area contributed by atoms with Crippen LogP contribution in [-0.4, -0.2) is 27.6 Å². The van der Waals surface area contributed by atoms with E-state index in [2.05, 4.69) is 35.1 Å². The Balaban J connectivity index is 1.98. The monoisotopic (exact) mass is 269 g/mol. The summed E-state index contributed by atoms with van der Waals surface area (Å²) in [5, 5.41) is 8.88. The molecule has 2 heterocycles. The van der Waals surface area contributed by atoms with Crippen molar-refractivity contribution < 1.29 is 9.90 Å². The topological polar surface area (TPSA) is 66.3 Å². The normalized spacial score (nSPS) is 13.9. The van der Waals surface area contributed by atoms with Crippen LogP contribution in [-0.2, 0) is 6.42 Å². The number of aromatic nitrogens is 2. The smallest absolute Gasteiger partial charge is 0.338 e. The molecule has 1 N–H and O–H groups in total. The minimum atomic E-state index is -1.01. The van der Waals surface area contributed by atoms with Gasteiger partial charge in [0, 0.05) is 24.6 Å². The van der Waals surface area contributed by atoms with Crippen LogP contribution in [0, 0.1) is 6.92 Å². The molecule has 20 heavy (non-hydrogen) atoms. The predicted octanol–water partition coefficient (Wildman–Crippen LogP) is 2.57. The van der Waals surface area contributed by atoms with Gasteiger partial charge >= 0.3 is 5.97 Å². The highest BCUT2D eigenvalue weighted by Gasteiger charge is 2.20. The predicted molar refractivity (Wildman–Crippen MR) is 75.5 cm³/mol. The molecule has 102 valence electrons. The van der Waals surface area contributed by atoms with Gasteiger partial charge < -0.3 is 10.0 Å². The van der Waals surface area contributed by atoms with Crippen molar-refractivity contribution >= 4 is 17.6 Å². The Morgan fingerprint density at radius 1 is 1.30 bits per heavy atom. The summed E-state index contributed by atoms with van der Waals surface area (Å²) in [6.07, 6.45) is 4.81. The zero-order chi connectivity index (χ0) is 14.1. The van der Waals surface area contributed by atoms with Gasteiger partial charge in [-0.15, -0.1) is 0 Å². The van der Waals surface area contributed by atoms with Gasteiger partial charge in [-0.1, -0.05) is 17.7 Å². The molecule has 0 unspecified atom stereocenters. The quantitative estimate of drug-likeness (QED) is 0.907. The van der Waals surface area contributed by atoms with Gasteiger partial charge in [0.15, 0.2) is 0 Å². The Labute approximate surface area is 116 Å². The standard InChI is InChI=1S/C15H15N3O2/c1-10-4-5-13-11(7-10)3-2-6-18(13)15-16-8-12(9-17-15)14(19)20/h4-5,7-9H,2-3,6H2,1H3,(H,19,20). The van der Waals surface area contributed by atoms with Crippen molar-refractivity contribution in [3.63, 3.8) is 0 Å². The van der Waals surface area contributed by atoms with Gasteiger partial charge in [-0.05, 0) is 31.4 Å². The third-order valence-corrected chi connectivity index (χ3v) is 3.48. The lowest BCUT2D eigenvalue weighted by atomic mass is 10.00. The van der Waals surface area contributed by atoms with Gasteiger partial charge in [0.25, 0.3) is 0 Å². The second-order valence-corrected chi connectivity index (χ2v) is 4.96. The highest BCUT2D eigenvalue weighted by atomic mass is 16.4. The maximum atomic E-state index is 10.8. The summed E-state index contributed by atoms with van der Waals surface area (Å²) in [5.74, 6) is -0.453. The van der Waals surface area contributed by atoms with Crippen LogP contribution in [0.3, 0.4) is 0 Å². The highest BCUT2D eigenvalue weighted by Crippen LogP contribution is 2.31. The molecule has 0 bridgehead atoms. The average molecular weight is 269 g/mol. The molecule has 5 nitrogen and oxygen atoms in total. The first-order valence-corrected chi connectivity index (χ1v) is 6.57. The van der Waals surface area contributed by atoms with Crippen LogP contribution in [0.5, 0.6) is 0 Å². The lowest BCUT2D eigenvalue weighted by Crippen LogP contribution is -2.26. The van der Waals surface area contributed by atoms with Crippen LogP contribution >= 0.6 is 0 Å². The number of anilines is 2. The molecule has 0 saturated heterocycles. The van der Waals surface area contributed by atoms with Crippen molar-refractivity contribution in [3.05, 3.63) is 47.3 Å². The fourth-order valence-corrected chi connectivity index (χ4v) is 2.50. The zero-order valence-corrected chi connectivity index (χ0v) is 11.2. The Morgan fingerprint density at radius 2 is 2.05 bits per heavy atom. The number of rotatable bonds is 2. The molecule has 0 atom stereocenters. The second kappa shape index (κ2) is 4.92. The molecule has 5 heteroatoms. The van der Waals surface area contributed by atoms with Crippen LogP contribution < -0.4 is 4.90 Å². The summed E-state index contributed by atoms with van der Waals surface area (Å²) < 4.78 is 0. The third kappa shape index (κ3) is 2.22. The largest absolute Gasteiger partial charge is 0.478 e. The number of carbonyl (C=O) groups is 1. The molecule has 1 aromatic heterocycles. The molecule has 1 aromatic carbocycles. The van der Waals surface area contributed by atoms with Crippen molar-refractivity contribution in [2.45, 2.75) is 19.8 Å². The fraction of sp³-hybridized carbons (Fsp3) is 0.267. The summed E-state index contributed by atoms with van der Waals surface area (Å²) in [6.45, 7) is 2.93. The second-order valence-electron chi connectivity index (χ2n) is 4.96. The van der Waals surface area contributed by atoms with Gasteiger partial charge in [0.2, 0.25) is 5.95 Å². The minimum absolute atomic E-state index is 0.106. The lowest BCUT2D eigenvalue weighted by Gasteiger charge is -2.29. The van der Waals surface area contributed by atoms with Crippen molar-refractivity contribution in [2.24, 2.45) is 0 Å². The molecule has 3 rings (SSSR count). The molecule has 0 spiro atoms. The summed E-state index contributed by atoms with van der Waals surface area (Å²) in [7, 11) is 0. The third-order valence-electron chi connectivity index (χ3n) is 3.48. The van der Waals surface area contributed by atoms with Crippen LogP contribution in [0.15, 0.2) is 30.6 Å². The van der Waals surface area contributed by atoms with Gasteiger partial charge in [-0.3, -0.25) is 0 Å². The Morgan fingerprint density at radius 3 is 2.75 bits per heavy atom. The summed E-state index contributed by atoms with van der Waals surface area (Å²) >= 11 is 0. The van der Waals surface area contributed by atoms with Gasteiger partial charge in [-0.25, -0.2) is 14.8 Å². The van der Waals surface area contributed by atoms with E-state index >= 15 is 0 Å². The van der Waals surface area contributed by atoms with Crippen molar-refractivity contribution in [2.75, 3.05) is 11.4 Å². The van der Waals surface area contributed by atoms with E-state index in [4.69, 9.17) is 5.11 Å². The van der Waals surface area contributed by atoms with E-state index < -0.39 is 5.97 Å². The van der Waals surface area contributed by atoms with Crippen molar-refractivity contribution in [1.29, 1.82) is 0 Å². The number of nitrogens with zero attached hydrogens (tertiary/aromatic N) is 3. The van der Waals surface area contributed by atoms with E-state index in [9.17, 15) is 4.79 Å². The number of hydrogen-bond acceptors (Lipinski definition) is 4. The number of fused-ring (bicyclic) bond motifs is 1. The molecule has 0 amide bonds. The molecular formula is C15H15N3O2. The molecule has 0 saturated carbocycles. The van der Waals surface area contributed by atoms with E-state index in [-0.39, 0.29) is 5.56 Å². The van der Waals surface area contributed by atoms with E-state index in [0.29, 0.717) is 5.95 Å². The van der Waals surface area contributed by atoms with E-state index in [1.165, 1.54) is 23.5 Å². The molecule has 0 radical (unpaired) electrons. The number of aryl methyl sites for hydroxylation is 2. The van der Waals surface area contributed by atoms with Crippen LogP contribution in [0.4, 0.5) is 11.6 Å². The van der Waals surface area contributed by atoms with Crippen LogP contribution in [0.2, 0.25) is 0 Å². The maximum absolute atomic E-state index is 10.8. The zero-order valence-electron chi connectivity index (χ0n) is 11.2. The van der Waals surface area contributed by atoms with E-state index in [1.807, 2.05) is 4.90 Å². The molecule has 1 aliphatic rings. The van der Waals surface area contributed by atoms with Crippen molar-refractivity contribution in [3.8, 4) is 0 Å². The number of aromatic carboxylic acids is 1. The first-order valence-electron chi connectivity index (χ1n) is 6.57. The van der Waals surface area contributed by atoms with Crippen LogP contribution in [0.25, 0.3) is 0 Å². The van der Waals surface area contributed by atoms with Crippen LogP contribution in [0.1, 0.15) is 27.9 Å². The SMILES string of the molecule is Cc1ccc2c(c1)CCCN2c1ncc(C(=O)O)cn1. The average Bonchev–Trinajstić information content (AvgIpc) is 2.46. The highest BCUT2D eigenvalue weighted by molar-refractivity contribution is 5.86. The van der Waals surface area contributed by atoms with E-state index in [0.717, 1.165) is 25.1 Å². The van der Waals surface area contributed by atoms with Crippen molar-refractivity contribution in [1.82, 2.24) is 9.97 Å². The molecular weight excluding hydrogens is 254 g/mol. The lowest BCUT2D eigenvalue weighted by molar-refractivity contribution is 0.0696. The molecule has 0 fully saturated rings. The Bertz CT molecular complexity index is 653. The maximum Gasteiger partial charge on any atom is 0.338 e. The summed E-state index contributed by atoms with van der Waals surface area (Å²) in [6, 6.07) is 6.34. The molecule has 1 aliphatic heterocycles. The van der Waals surface area contributed by atoms with Gasteiger partial charge in [-0.2, -0.15) is 0 Å². The number of benzene rings is 1. The Hall–Kier alpha value is -2.43. The van der Waals surface area contributed by atoms with Gasteiger partial charge in [0.05, 0.1) is 5.56 Å². The Kier molecular flexibility index (Phi) is 3.10. The number of carboxylic acids is 1. The summed E-state index contributed by atoms with van der Waals surface area (Å²) in [4.78, 5) is 21.2.